The average molecular weight is 273 g/mol. The molecule has 0 saturated heterocycles. The molecule has 0 amide bonds. The maximum atomic E-state index is 4.15. The van der Waals surface area contributed by atoms with E-state index >= 15 is 0 Å². The van der Waals surface area contributed by atoms with Crippen molar-refractivity contribution >= 4 is 0 Å². The number of allylic oxidation sites excluding steroid dienone is 7. The standard InChI is InChI=1S/C19H31N/c1-9-13-20-17(5)16(4)14-18(10-2)15(3)11-12-19(6,7)8/h10-12,14,20H,3,5,9,13H2,1-2,4,6-8H3/b12-11-,16-14+,18-10-. The van der Waals surface area contributed by atoms with Gasteiger partial charge < -0.3 is 5.32 Å². The first-order chi connectivity index (χ1) is 9.21. The number of nitrogens with one attached hydrogen (secondary N) is 1. The summed E-state index contributed by atoms with van der Waals surface area (Å²) >= 11 is 0. The summed E-state index contributed by atoms with van der Waals surface area (Å²) in [6.07, 6.45) is 9.61. The summed E-state index contributed by atoms with van der Waals surface area (Å²) in [6, 6.07) is 0. The van der Waals surface area contributed by atoms with Gasteiger partial charge in [0.25, 0.3) is 0 Å². The van der Waals surface area contributed by atoms with E-state index in [-0.39, 0.29) is 5.41 Å². The smallest absolute Gasteiger partial charge is 0.0297 e. The minimum atomic E-state index is 0.173. The van der Waals surface area contributed by atoms with Crippen LogP contribution in [0.3, 0.4) is 0 Å². The molecule has 1 heteroatoms. The van der Waals surface area contributed by atoms with Crippen LogP contribution in [-0.2, 0) is 0 Å². The Labute approximate surface area is 125 Å². The molecule has 112 valence electrons. The molecule has 20 heavy (non-hydrogen) atoms. The number of hydrogen-bond donors (Lipinski definition) is 1. The minimum Gasteiger partial charge on any atom is -0.385 e. The maximum absolute atomic E-state index is 4.15. The summed E-state index contributed by atoms with van der Waals surface area (Å²) in [7, 11) is 0. The molecule has 0 bridgehead atoms. The van der Waals surface area contributed by atoms with Gasteiger partial charge in [-0.15, -0.1) is 0 Å². The van der Waals surface area contributed by atoms with E-state index < -0.39 is 0 Å². The summed E-state index contributed by atoms with van der Waals surface area (Å²) in [5.41, 5.74) is 4.48. The minimum absolute atomic E-state index is 0.173. The molecule has 0 saturated carbocycles. The molecule has 1 N–H and O–H groups in total. The number of rotatable bonds is 7. The van der Waals surface area contributed by atoms with E-state index in [9.17, 15) is 0 Å². The molecule has 0 aliphatic rings. The lowest BCUT2D eigenvalue weighted by Gasteiger charge is -2.13. The largest absolute Gasteiger partial charge is 0.385 e. The fraction of sp³-hybridized carbons (Fsp3) is 0.474. The van der Waals surface area contributed by atoms with Crippen molar-refractivity contribution in [1.82, 2.24) is 5.32 Å². The summed E-state index contributed by atoms with van der Waals surface area (Å²) < 4.78 is 0. The fourth-order valence-electron chi connectivity index (χ4n) is 1.54. The van der Waals surface area contributed by atoms with Crippen LogP contribution in [0.5, 0.6) is 0 Å². The Kier molecular flexibility index (Phi) is 7.98. The Balaban J connectivity index is 4.90. The van der Waals surface area contributed by atoms with E-state index in [4.69, 9.17) is 0 Å². The molecule has 0 aliphatic heterocycles. The molecule has 0 spiro atoms. The number of hydrogen-bond acceptors (Lipinski definition) is 1. The molecular formula is C19H31N. The maximum Gasteiger partial charge on any atom is 0.0297 e. The van der Waals surface area contributed by atoms with Crippen LogP contribution >= 0.6 is 0 Å². The second-order valence-electron chi connectivity index (χ2n) is 6.20. The van der Waals surface area contributed by atoms with Crippen LogP contribution in [0.1, 0.15) is 48.0 Å². The summed E-state index contributed by atoms with van der Waals surface area (Å²) in [5.74, 6) is 0. The molecule has 0 radical (unpaired) electrons. The van der Waals surface area contributed by atoms with E-state index in [0.717, 1.165) is 35.4 Å². The molecule has 0 unspecified atom stereocenters. The monoisotopic (exact) mass is 273 g/mol. The van der Waals surface area contributed by atoms with Crippen molar-refractivity contribution in [3.05, 3.63) is 59.9 Å². The molecule has 0 aromatic rings. The first-order valence-corrected chi connectivity index (χ1v) is 7.37. The van der Waals surface area contributed by atoms with E-state index in [0.29, 0.717) is 0 Å². The van der Waals surface area contributed by atoms with Gasteiger partial charge in [-0.2, -0.15) is 0 Å². The van der Waals surface area contributed by atoms with Crippen molar-refractivity contribution < 1.29 is 0 Å². The normalized spacial score (nSPS) is 13.7. The third-order valence-electron chi connectivity index (χ3n) is 2.90. The topological polar surface area (TPSA) is 12.0 Å². The second-order valence-corrected chi connectivity index (χ2v) is 6.20. The van der Waals surface area contributed by atoms with Gasteiger partial charge in [0.1, 0.15) is 0 Å². The van der Waals surface area contributed by atoms with Gasteiger partial charge in [0, 0.05) is 12.2 Å². The molecule has 0 atom stereocenters. The predicted molar refractivity (Wildman–Crippen MR) is 92.7 cm³/mol. The van der Waals surface area contributed by atoms with Crippen molar-refractivity contribution in [3.8, 4) is 0 Å². The van der Waals surface area contributed by atoms with Crippen LogP contribution in [0.2, 0.25) is 0 Å². The van der Waals surface area contributed by atoms with Crippen LogP contribution in [0.4, 0.5) is 0 Å². The van der Waals surface area contributed by atoms with E-state index in [1.807, 2.05) is 6.92 Å². The van der Waals surface area contributed by atoms with Gasteiger partial charge in [0.2, 0.25) is 0 Å². The Morgan fingerprint density at radius 3 is 2.25 bits per heavy atom. The Morgan fingerprint density at radius 2 is 1.80 bits per heavy atom. The van der Waals surface area contributed by atoms with Crippen molar-refractivity contribution in [2.45, 2.75) is 48.0 Å². The van der Waals surface area contributed by atoms with Crippen LogP contribution in [0.25, 0.3) is 0 Å². The molecule has 0 heterocycles. The van der Waals surface area contributed by atoms with Crippen molar-refractivity contribution in [2.24, 2.45) is 5.41 Å². The first-order valence-electron chi connectivity index (χ1n) is 7.37. The Morgan fingerprint density at radius 1 is 1.20 bits per heavy atom. The molecule has 0 fully saturated rings. The van der Waals surface area contributed by atoms with Gasteiger partial charge >= 0.3 is 0 Å². The molecule has 1 nitrogen and oxygen atoms in total. The fourth-order valence-corrected chi connectivity index (χ4v) is 1.54. The highest BCUT2D eigenvalue weighted by molar-refractivity contribution is 5.48. The van der Waals surface area contributed by atoms with Crippen LogP contribution in [-0.4, -0.2) is 6.54 Å². The van der Waals surface area contributed by atoms with Gasteiger partial charge in [0.05, 0.1) is 0 Å². The van der Waals surface area contributed by atoms with Gasteiger partial charge in [-0.1, -0.05) is 59.1 Å². The lowest BCUT2D eigenvalue weighted by Crippen LogP contribution is -2.13. The van der Waals surface area contributed by atoms with Crippen molar-refractivity contribution in [2.75, 3.05) is 6.54 Å². The van der Waals surface area contributed by atoms with E-state index in [2.05, 4.69) is 77.4 Å². The van der Waals surface area contributed by atoms with Gasteiger partial charge in [0.15, 0.2) is 0 Å². The quantitative estimate of drug-likeness (QED) is 0.600. The Hall–Kier alpha value is -1.50. The average Bonchev–Trinajstić information content (AvgIpc) is 2.38. The molecule has 0 aromatic carbocycles. The molecule has 0 aromatic heterocycles. The SMILES string of the molecule is C=C(/C=C\C(C)(C)C)C(=C\C)/C=C(\C)C(=C)NCCC. The highest BCUT2D eigenvalue weighted by Crippen LogP contribution is 2.20. The lowest BCUT2D eigenvalue weighted by atomic mass is 9.94. The third-order valence-corrected chi connectivity index (χ3v) is 2.90. The highest BCUT2D eigenvalue weighted by Gasteiger charge is 2.05. The molecular weight excluding hydrogens is 242 g/mol. The first kappa shape index (κ1) is 18.5. The zero-order valence-electron chi connectivity index (χ0n) is 14.1. The van der Waals surface area contributed by atoms with Crippen LogP contribution in [0, 0.1) is 5.41 Å². The van der Waals surface area contributed by atoms with Gasteiger partial charge in [-0.25, -0.2) is 0 Å². The zero-order chi connectivity index (χ0) is 15.8. The summed E-state index contributed by atoms with van der Waals surface area (Å²) in [5, 5.41) is 3.32. The molecule has 0 aliphatic carbocycles. The van der Waals surface area contributed by atoms with Gasteiger partial charge in [-0.3, -0.25) is 0 Å². The van der Waals surface area contributed by atoms with Crippen molar-refractivity contribution in [1.29, 1.82) is 0 Å². The second kappa shape index (κ2) is 8.63. The highest BCUT2D eigenvalue weighted by atomic mass is 14.9. The van der Waals surface area contributed by atoms with Gasteiger partial charge in [-0.05, 0) is 48.5 Å². The van der Waals surface area contributed by atoms with Crippen molar-refractivity contribution in [3.63, 3.8) is 0 Å². The summed E-state index contributed by atoms with van der Waals surface area (Å²) in [6.45, 7) is 22.0. The predicted octanol–water partition coefficient (Wildman–Crippen LogP) is 5.55. The van der Waals surface area contributed by atoms with Crippen LogP contribution < -0.4 is 5.32 Å². The van der Waals surface area contributed by atoms with E-state index in [1.165, 1.54) is 0 Å². The summed E-state index contributed by atoms with van der Waals surface area (Å²) in [4.78, 5) is 0. The Bertz CT molecular complexity index is 425. The zero-order valence-corrected chi connectivity index (χ0v) is 14.1. The third kappa shape index (κ3) is 7.83. The molecule has 0 rings (SSSR count). The van der Waals surface area contributed by atoms with E-state index in [1.54, 1.807) is 0 Å². The van der Waals surface area contributed by atoms with Crippen LogP contribution in [0.15, 0.2) is 59.9 Å². The lowest BCUT2D eigenvalue weighted by molar-refractivity contribution is 0.544.